The van der Waals surface area contributed by atoms with E-state index in [-0.39, 0.29) is 30.3 Å². The first kappa shape index (κ1) is 25.7. The predicted octanol–water partition coefficient (Wildman–Crippen LogP) is 5.82. The largest absolute Gasteiger partial charge is 0.487 e. The molecule has 3 aromatic rings. The molecule has 0 atom stereocenters. The van der Waals surface area contributed by atoms with Crippen LogP contribution < -0.4 is 20.3 Å². The minimum atomic E-state index is -0.432. The molecule has 184 valence electrons. The molecule has 1 aliphatic rings. The van der Waals surface area contributed by atoms with E-state index in [1.165, 1.54) is 18.3 Å². The van der Waals surface area contributed by atoms with Gasteiger partial charge in [0.25, 0.3) is 5.91 Å². The second-order valence-corrected chi connectivity index (χ2v) is 8.19. The quantitative estimate of drug-likeness (QED) is 0.467. The van der Waals surface area contributed by atoms with Gasteiger partial charge in [-0.25, -0.2) is 9.18 Å². The van der Waals surface area contributed by atoms with Gasteiger partial charge in [0, 0.05) is 29.6 Å². The van der Waals surface area contributed by atoms with Gasteiger partial charge < -0.3 is 15.4 Å². The number of aryl methyl sites for hydroxylation is 1. The molecule has 0 bridgehead atoms. The summed E-state index contributed by atoms with van der Waals surface area (Å²) in [6.07, 6.45) is 1.51. The van der Waals surface area contributed by atoms with Crippen molar-refractivity contribution in [1.82, 2.24) is 10.3 Å². The molecule has 35 heavy (non-hydrogen) atoms. The van der Waals surface area contributed by atoms with Crippen LogP contribution >= 0.6 is 0 Å². The topological polar surface area (TPSA) is 83.6 Å². The molecule has 1 aliphatic heterocycles. The van der Waals surface area contributed by atoms with Gasteiger partial charge in [-0.1, -0.05) is 26.0 Å². The number of urea groups is 1. The molecule has 2 heterocycles. The number of nitrogens with zero attached hydrogens (tertiary/aromatic N) is 2. The Kier molecular flexibility index (Phi) is 8.41. The number of benzene rings is 2. The fourth-order valence-corrected chi connectivity index (χ4v) is 3.58. The van der Waals surface area contributed by atoms with Gasteiger partial charge in [0.05, 0.1) is 12.2 Å². The average molecular weight is 479 g/mol. The Hall–Kier alpha value is -3.94. The van der Waals surface area contributed by atoms with Crippen LogP contribution in [0.1, 0.15) is 54.9 Å². The lowest BCUT2D eigenvalue weighted by molar-refractivity contribution is 0.0943. The fraction of sp³-hybridized carbons (Fsp3) is 0.296. The monoisotopic (exact) mass is 478 g/mol. The number of ether oxygens (including phenoxy) is 1. The Labute approximate surface area is 205 Å². The van der Waals surface area contributed by atoms with Crippen molar-refractivity contribution in [2.75, 3.05) is 10.2 Å². The average Bonchev–Trinajstić information content (AvgIpc) is 2.84. The van der Waals surface area contributed by atoms with Crippen LogP contribution in [0, 0.1) is 12.7 Å². The van der Waals surface area contributed by atoms with Crippen LogP contribution in [0.5, 0.6) is 5.75 Å². The fourth-order valence-electron chi connectivity index (χ4n) is 3.58. The highest BCUT2D eigenvalue weighted by Crippen LogP contribution is 2.32. The van der Waals surface area contributed by atoms with Gasteiger partial charge in [-0.15, -0.1) is 0 Å². The van der Waals surface area contributed by atoms with Gasteiger partial charge >= 0.3 is 6.03 Å². The Morgan fingerprint density at radius 1 is 1.20 bits per heavy atom. The third-order valence-corrected chi connectivity index (χ3v) is 5.29. The number of amides is 3. The normalized spacial score (nSPS) is 12.3. The third-order valence-electron chi connectivity index (χ3n) is 5.29. The first-order valence-corrected chi connectivity index (χ1v) is 11.7. The van der Waals surface area contributed by atoms with E-state index in [2.05, 4.69) is 15.6 Å². The number of aromatic nitrogens is 1. The number of hydrogen-bond acceptors (Lipinski definition) is 4. The van der Waals surface area contributed by atoms with E-state index < -0.39 is 5.82 Å². The van der Waals surface area contributed by atoms with Gasteiger partial charge in [-0.2, -0.15) is 0 Å². The van der Waals surface area contributed by atoms with E-state index in [4.69, 9.17) is 4.74 Å². The molecule has 0 saturated carbocycles. The van der Waals surface area contributed by atoms with Crippen molar-refractivity contribution in [3.8, 4) is 5.75 Å². The molecule has 4 rings (SSSR count). The summed E-state index contributed by atoms with van der Waals surface area (Å²) in [7, 11) is 0. The Morgan fingerprint density at radius 3 is 2.69 bits per heavy atom. The third kappa shape index (κ3) is 6.15. The molecule has 7 nitrogen and oxygen atoms in total. The molecule has 8 heteroatoms. The summed E-state index contributed by atoms with van der Waals surface area (Å²) < 4.78 is 19.6. The van der Waals surface area contributed by atoms with Crippen molar-refractivity contribution in [3.63, 3.8) is 0 Å². The van der Waals surface area contributed by atoms with Crippen molar-refractivity contribution < 1.29 is 18.7 Å². The SMILES string of the molecule is CC.Cc1ccc(OCc2ncccc2F)cc1N1Cc2ccc(C(=O)NC(C)C)cc2NC1=O. The standard InChI is InChI=1S/C25H25FN4O3.C2H6/c1-15(2)28-24(31)17-7-8-18-13-30(25(32)29-21(18)11-17)23-12-19(9-6-16(23)3)33-14-22-20(26)5-4-10-27-22;1-2/h4-12,15H,13-14H2,1-3H3,(H,28,31)(H,29,32);1-2H3. The number of fused-ring (bicyclic) bond motifs is 1. The number of rotatable bonds is 6. The molecule has 0 radical (unpaired) electrons. The zero-order chi connectivity index (χ0) is 25.5. The molecule has 0 unspecified atom stereocenters. The van der Waals surface area contributed by atoms with E-state index in [1.807, 2.05) is 46.8 Å². The number of nitrogens with one attached hydrogen (secondary N) is 2. The molecule has 2 N–H and O–H groups in total. The minimum Gasteiger partial charge on any atom is -0.487 e. The lowest BCUT2D eigenvalue weighted by atomic mass is 10.0. The van der Waals surface area contributed by atoms with Crippen molar-refractivity contribution in [2.24, 2.45) is 0 Å². The number of pyridine rings is 1. The Balaban J connectivity index is 0.00000167. The molecular weight excluding hydrogens is 447 g/mol. The van der Waals surface area contributed by atoms with Crippen molar-refractivity contribution in [3.05, 3.63) is 82.9 Å². The number of anilines is 2. The lowest BCUT2D eigenvalue weighted by Crippen LogP contribution is -2.39. The summed E-state index contributed by atoms with van der Waals surface area (Å²) >= 11 is 0. The number of carbonyl (C=O) groups is 2. The second-order valence-electron chi connectivity index (χ2n) is 8.19. The van der Waals surface area contributed by atoms with E-state index in [0.29, 0.717) is 29.2 Å². The molecular formula is C27H31FN4O3. The van der Waals surface area contributed by atoms with Crippen LogP contribution in [0.15, 0.2) is 54.7 Å². The summed E-state index contributed by atoms with van der Waals surface area (Å²) in [4.78, 5) is 30.8. The van der Waals surface area contributed by atoms with Crippen LogP contribution in [-0.2, 0) is 13.2 Å². The predicted molar refractivity (Wildman–Crippen MR) is 135 cm³/mol. The summed E-state index contributed by atoms with van der Waals surface area (Å²) in [5.74, 6) is -0.118. The van der Waals surface area contributed by atoms with Gasteiger partial charge in [0.1, 0.15) is 23.9 Å². The van der Waals surface area contributed by atoms with Gasteiger partial charge in [0.2, 0.25) is 0 Å². The molecule has 0 fully saturated rings. The van der Waals surface area contributed by atoms with Crippen molar-refractivity contribution in [2.45, 2.75) is 53.8 Å². The molecule has 2 aromatic carbocycles. The highest BCUT2D eigenvalue weighted by Gasteiger charge is 2.26. The first-order chi connectivity index (χ1) is 16.8. The van der Waals surface area contributed by atoms with E-state index in [0.717, 1.165) is 11.1 Å². The summed E-state index contributed by atoms with van der Waals surface area (Å²) in [6, 6.07) is 13.2. The van der Waals surface area contributed by atoms with Crippen LogP contribution in [0.25, 0.3) is 0 Å². The highest BCUT2D eigenvalue weighted by molar-refractivity contribution is 6.06. The smallest absolute Gasteiger partial charge is 0.326 e. The van der Waals surface area contributed by atoms with Gasteiger partial charge in [0.15, 0.2) is 0 Å². The lowest BCUT2D eigenvalue weighted by Gasteiger charge is -2.31. The van der Waals surface area contributed by atoms with Crippen LogP contribution in [-0.4, -0.2) is 23.0 Å². The van der Waals surface area contributed by atoms with Gasteiger partial charge in [-0.3, -0.25) is 14.7 Å². The Morgan fingerprint density at radius 2 is 1.97 bits per heavy atom. The molecule has 0 spiro atoms. The van der Waals surface area contributed by atoms with Crippen LogP contribution in [0.2, 0.25) is 0 Å². The molecule has 0 aliphatic carbocycles. The van der Waals surface area contributed by atoms with Gasteiger partial charge in [-0.05, 0) is 62.2 Å². The van der Waals surface area contributed by atoms with Crippen molar-refractivity contribution >= 4 is 23.3 Å². The van der Waals surface area contributed by atoms with Crippen molar-refractivity contribution in [1.29, 1.82) is 0 Å². The zero-order valence-electron chi connectivity index (χ0n) is 20.7. The Bertz CT molecular complexity index is 1210. The zero-order valence-corrected chi connectivity index (χ0v) is 20.7. The summed E-state index contributed by atoms with van der Waals surface area (Å²) in [6.45, 7) is 10.0. The molecule has 1 aromatic heterocycles. The maximum Gasteiger partial charge on any atom is 0.326 e. The van der Waals surface area contributed by atoms with Crippen LogP contribution in [0.4, 0.5) is 20.6 Å². The number of carbonyl (C=O) groups excluding carboxylic acids is 2. The molecule has 3 amide bonds. The second kappa shape index (κ2) is 11.5. The summed E-state index contributed by atoms with van der Waals surface area (Å²) in [5, 5.41) is 5.72. The van der Waals surface area contributed by atoms with E-state index >= 15 is 0 Å². The first-order valence-electron chi connectivity index (χ1n) is 11.7. The molecule has 0 saturated heterocycles. The van der Waals surface area contributed by atoms with E-state index in [9.17, 15) is 14.0 Å². The van der Waals surface area contributed by atoms with E-state index in [1.54, 1.807) is 29.2 Å². The highest BCUT2D eigenvalue weighted by atomic mass is 19.1. The maximum absolute atomic E-state index is 13.8. The van der Waals surface area contributed by atoms with Crippen LogP contribution in [0.3, 0.4) is 0 Å². The summed E-state index contributed by atoms with van der Waals surface area (Å²) in [5.41, 5.74) is 3.77. The minimum absolute atomic E-state index is 0.0188. The number of hydrogen-bond donors (Lipinski definition) is 2. The maximum atomic E-state index is 13.8. The number of halogens is 1.